The van der Waals surface area contributed by atoms with Gasteiger partial charge in [-0.1, -0.05) is 0 Å². The molecule has 0 atom stereocenters. The third-order valence-corrected chi connectivity index (χ3v) is 0.500. The van der Waals surface area contributed by atoms with E-state index in [2.05, 4.69) is 0 Å². The van der Waals surface area contributed by atoms with Gasteiger partial charge in [0.1, 0.15) is 0 Å². The van der Waals surface area contributed by atoms with E-state index in [1.165, 1.54) is 0 Å². The number of halogens is 2. The zero-order chi connectivity index (χ0) is 12.9. The summed E-state index contributed by atoms with van der Waals surface area (Å²) in [6, 6.07) is 0. The van der Waals surface area contributed by atoms with E-state index in [1.54, 1.807) is 0 Å². The first-order valence-electron chi connectivity index (χ1n) is 4.19. The van der Waals surface area contributed by atoms with Gasteiger partial charge < -0.3 is 39.9 Å². The van der Waals surface area contributed by atoms with E-state index in [0.29, 0.717) is 51.9 Å². The van der Waals surface area contributed by atoms with Crippen LogP contribution >= 0.6 is 20.4 Å². The fourth-order valence-electron chi connectivity index (χ4n) is 0. The summed E-state index contributed by atoms with van der Waals surface area (Å²) in [4.78, 5) is 0. The van der Waals surface area contributed by atoms with Crippen molar-refractivity contribution < 1.29 is 18.1 Å². The van der Waals surface area contributed by atoms with Crippen LogP contribution in [0.4, 0.5) is 0 Å². The van der Waals surface area contributed by atoms with Crippen LogP contribution in [0.3, 0.4) is 0 Å². The Balaban J connectivity index is -0.0000000331. The summed E-state index contributed by atoms with van der Waals surface area (Å²) in [5.74, 6) is 0. The molecule has 14 N–H and O–H groups in total. The van der Waals surface area contributed by atoms with Gasteiger partial charge in [-0.15, -0.1) is 0 Å². The second-order valence-corrected chi connectivity index (χ2v) is 3.41. The van der Waals surface area contributed by atoms with Crippen LogP contribution in [0.25, 0.3) is 0 Å². The molecule has 0 aromatic carbocycles. The molecule has 0 bridgehead atoms. The van der Waals surface area contributed by atoms with Gasteiger partial charge in [-0.05, 0) is 0 Å². The minimum atomic E-state index is 0. The maximum absolute atomic E-state index is 4.90. The summed E-state index contributed by atoms with van der Waals surface area (Å²) >= 11 is 0.569. The molecule has 0 aliphatic carbocycles. The topological polar surface area (TPSA) is 188 Å². The Morgan fingerprint density at radius 1 is 0.562 bits per heavy atom. The third kappa shape index (κ3) is 196. The number of hydrogen-bond donors (Lipinski definition) is 6. The SMILES string of the molecule is NCCN.NCCN.NCCN.O.[Cl][Ni][Cl]. The summed E-state index contributed by atoms with van der Waals surface area (Å²) in [6.07, 6.45) is 0. The number of hydrogen-bond acceptors (Lipinski definition) is 6. The summed E-state index contributed by atoms with van der Waals surface area (Å²) in [7, 11) is 9.40. The van der Waals surface area contributed by atoms with Crippen LogP contribution < -0.4 is 34.4 Å². The van der Waals surface area contributed by atoms with E-state index in [4.69, 9.17) is 54.8 Å². The van der Waals surface area contributed by atoms with E-state index in [1.807, 2.05) is 0 Å². The number of rotatable bonds is 3. The third-order valence-electron chi connectivity index (χ3n) is 0.500. The molecule has 0 saturated carbocycles. The normalized spacial score (nSPS) is 7.00. The quantitative estimate of drug-likeness (QED) is 0.305. The Morgan fingerprint density at radius 2 is 0.625 bits per heavy atom. The molecule has 16 heavy (non-hydrogen) atoms. The van der Waals surface area contributed by atoms with Crippen molar-refractivity contribution in [1.29, 1.82) is 0 Å². The molecule has 0 aliphatic heterocycles. The molecule has 0 spiro atoms. The van der Waals surface area contributed by atoms with Crippen LogP contribution in [-0.2, 0) is 12.7 Å². The molecule has 0 aromatic rings. The van der Waals surface area contributed by atoms with E-state index < -0.39 is 0 Å². The Kier molecular flexibility index (Phi) is 107. The van der Waals surface area contributed by atoms with Gasteiger partial charge in [-0.2, -0.15) is 0 Å². The van der Waals surface area contributed by atoms with E-state index >= 15 is 0 Å². The zero-order valence-corrected chi connectivity index (χ0v) is 11.8. The molecular weight excluding hydrogens is 302 g/mol. The van der Waals surface area contributed by atoms with E-state index in [9.17, 15) is 0 Å². The van der Waals surface area contributed by atoms with E-state index in [0.717, 1.165) is 0 Å². The van der Waals surface area contributed by atoms with Crippen LogP contribution in [0.2, 0.25) is 0 Å². The van der Waals surface area contributed by atoms with Crippen molar-refractivity contribution in [2.45, 2.75) is 0 Å². The van der Waals surface area contributed by atoms with Crippen LogP contribution in [-0.4, -0.2) is 44.7 Å². The molecule has 110 valence electrons. The van der Waals surface area contributed by atoms with Crippen LogP contribution in [0, 0.1) is 0 Å². The van der Waals surface area contributed by atoms with Crippen molar-refractivity contribution in [2.24, 2.45) is 34.4 Å². The molecule has 0 fully saturated rings. The second-order valence-electron chi connectivity index (χ2n) is 1.78. The molecule has 0 rings (SSSR count). The molecule has 0 amide bonds. The van der Waals surface area contributed by atoms with Gasteiger partial charge >= 0.3 is 33.0 Å². The molecule has 0 unspecified atom stereocenters. The molecule has 0 radical (unpaired) electrons. The first kappa shape index (κ1) is 30.1. The van der Waals surface area contributed by atoms with Crippen molar-refractivity contribution in [2.75, 3.05) is 39.3 Å². The van der Waals surface area contributed by atoms with Gasteiger partial charge in [-0.25, -0.2) is 0 Å². The molecule has 10 heteroatoms. The van der Waals surface area contributed by atoms with Gasteiger partial charge in [-0.3, -0.25) is 0 Å². The standard InChI is InChI=1S/3C2H8N2.2ClH.Ni.H2O/c3*3-1-2-4;;;;/h3*1-4H2;2*1H;;1H2/q;;;;;+2;/p-2. The van der Waals surface area contributed by atoms with Crippen molar-refractivity contribution in [3.05, 3.63) is 0 Å². The second kappa shape index (κ2) is 56.9. The first-order chi connectivity index (χ1) is 7.16. The molecule has 0 aromatic heterocycles. The van der Waals surface area contributed by atoms with Crippen LogP contribution in [0.5, 0.6) is 0 Å². The number of nitrogens with two attached hydrogens (primary N) is 6. The van der Waals surface area contributed by atoms with Gasteiger partial charge in [0.15, 0.2) is 0 Å². The fraction of sp³-hybridized carbons (Fsp3) is 1.00. The molecule has 0 aliphatic rings. The predicted octanol–water partition coefficient (Wildman–Crippen LogP) is -2.74. The average molecular weight is 328 g/mol. The van der Waals surface area contributed by atoms with Gasteiger partial charge in [0.05, 0.1) is 0 Å². The van der Waals surface area contributed by atoms with Gasteiger partial charge in [0.25, 0.3) is 0 Å². The molecule has 0 heterocycles. The summed E-state index contributed by atoms with van der Waals surface area (Å²) in [5.41, 5.74) is 29.4. The van der Waals surface area contributed by atoms with Crippen LogP contribution in [0.1, 0.15) is 0 Å². The van der Waals surface area contributed by atoms with Gasteiger partial charge in [0.2, 0.25) is 0 Å². The maximum atomic E-state index is 4.90. The zero-order valence-electron chi connectivity index (χ0n) is 9.28. The molecule has 7 nitrogen and oxygen atoms in total. The van der Waals surface area contributed by atoms with Crippen molar-refractivity contribution in [3.63, 3.8) is 0 Å². The summed E-state index contributed by atoms with van der Waals surface area (Å²) < 4.78 is 0. The Morgan fingerprint density at radius 3 is 0.625 bits per heavy atom. The monoisotopic (exact) mass is 326 g/mol. The average Bonchev–Trinajstić information content (AvgIpc) is 2.30. The van der Waals surface area contributed by atoms with E-state index in [-0.39, 0.29) is 5.48 Å². The molecular formula is C6H26Cl2N6NiO. The Labute approximate surface area is 112 Å². The predicted molar refractivity (Wildman–Crippen MR) is 69.6 cm³/mol. The van der Waals surface area contributed by atoms with Crippen molar-refractivity contribution in [1.82, 2.24) is 0 Å². The fourth-order valence-corrected chi connectivity index (χ4v) is 0. The summed E-state index contributed by atoms with van der Waals surface area (Å²) in [6.45, 7) is 3.58. The Hall–Kier alpha value is 0.794. The first-order valence-corrected chi connectivity index (χ1v) is 6.91. The van der Waals surface area contributed by atoms with Crippen molar-refractivity contribution >= 4 is 20.4 Å². The molecule has 0 saturated heterocycles. The van der Waals surface area contributed by atoms with Gasteiger partial charge in [0, 0.05) is 39.3 Å². The van der Waals surface area contributed by atoms with Crippen molar-refractivity contribution in [3.8, 4) is 0 Å². The van der Waals surface area contributed by atoms with Crippen LogP contribution in [0.15, 0.2) is 0 Å². The minimum absolute atomic E-state index is 0. The Bertz CT molecular complexity index is 54.8. The summed E-state index contributed by atoms with van der Waals surface area (Å²) in [5, 5.41) is 0.